The summed E-state index contributed by atoms with van der Waals surface area (Å²) in [4.78, 5) is 2.45. The van der Waals surface area contributed by atoms with Crippen LogP contribution in [0.5, 0.6) is 0 Å². The first-order valence-corrected chi connectivity index (χ1v) is 6.53. The molecule has 1 atom stereocenters. The van der Waals surface area contributed by atoms with Crippen LogP contribution in [0.15, 0.2) is 22.7 Å². The van der Waals surface area contributed by atoms with Crippen LogP contribution in [0.1, 0.15) is 18.1 Å². The van der Waals surface area contributed by atoms with E-state index in [0.29, 0.717) is 6.10 Å². The van der Waals surface area contributed by atoms with Crippen molar-refractivity contribution in [2.24, 2.45) is 0 Å². The van der Waals surface area contributed by atoms with E-state index in [0.717, 1.165) is 26.2 Å². The van der Waals surface area contributed by atoms with Gasteiger partial charge in [-0.05, 0) is 31.0 Å². The molecule has 0 aromatic heterocycles. The highest BCUT2D eigenvalue weighted by Crippen LogP contribution is 2.20. The molecule has 16 heavy (non-hydrogen) atoms. The second kappa shape index (κ2) is 5.30. The van der Waals surface area contributed by atoms with Gasteiger partial charge in [-0.25, -0.2) is 0 Å². The fraction of sp³-hybridized carbons (Fsp3) is 0.538. The molecule has 1 heterocycles. The Hall–Kier alpha value is -0.380. The molecule has 2 rings (SSSR count). The number of halogens is 1. The molecule has 1 saturated heterocycles. The zero-order valence-electron chi connectivity index (χ0n) is 9.87. The number of rotatable bonds is 2. The van der Waals surface area contributed by atoms with Crippen LogP contribution in [0.2, 0.25) is 0 Å². The van der Waals surface area contributed by atoms with E-state index < -0.39 is 0 Å². The zero-order chi connectivity index (χ0) is 11.5. The van der Waals surface area contributed by atoms with E-state index in [1.165, 1.54) is 15.6 Å². The number of nitrogens with zero attached hydrogens (tertiary/aromatic N) is 1. The molecular formula is C13H18BrNO. The smallest absolute Gasteiger partial charge is 0.0674 e. The summed E-state index contributed by atoms with van der Waals surface area (Å²) in [6, 6.07) is 6.56. The highest BCUT2D eigenvalue weighted by atomic mass is 79.9. The summed E-state index contributed by atoms with van der Waals surface area (Å²) in [6.45, 7) is 8.17. The summed E-state index contributed by atoms with van der Waals surface area (Å²) in [6.07, 6.45) is 0.359. The number of hydrogen-bond acceptors (Lipinski definition) is 2. The van der Waals surface area contributed by atoms with Gasteiger partial charge in [-0.1, -0.05) is 28.1 Å². The van der Waals surface area contributed by atoms with Crippen LogP contribution in [0.25, 0.3) is 0 Å². The lowest BCUT2D eigenvalue weighted by atomic mass is 10.1. The fourth-order valence-corrected chi connectivity index (χ4v) is 2.67. The third-order valence-electron chi connectivity index (χ3n) is 2.93. The Bertz CT molecular complexity index is 367. The number of aryl methyl sites for hydroxylation is 1. The van der Waals surface area contributed by atoms with E-state index >= 15 is 0 Å². The first-order valence-electron chi connectivity index (χ1n) is 5.74. The van der Waals surface area contributed by atoms with Gasteiger partial charge in [-0.3, -0.25) is 4.90 Å². The van der Waals surface area contributed by atoms with Gasteiger partial charge in [0.25, 0.3) is 0 Å². The maximum atomic E-state index is 5.54. The molecule has 0 aliphatic carbocycles. The molecule has 0 N–H and O–H groups in total. The van der Waals surface area contributed by atoms with E-state index in [1.807, 2.05) is 0 Å². The Labute approximate surface area is 106 Å². The number of hydrogen-bond donors (Lipinski definition) is 0. The Morgan fingerprint density at radius 2 is 2.31 bits per heavy atom. The van der Waals surface area contributed by atoms with Gasteiger partial charge in [0.2, 0.25) is 0 Å². The summed E-state index contributed by atoms with van der Waals surface area (Å²) >= 11 is 3.63. The van der Waals surface area contributed by atoms with Gasteiger partial charge in [0.1, 0.15) is 0 Å². The quantitative estimate of drug-likeness (QED) is 0.828. The Kier molecular flexibility index (Phi) is 4.00. The van der Waals surface area contributed by atoms with E-state index in [1.54, 1.807) is 0 Å². The van der Waals surface area contributed by atoms with Crippen molar-refractivity contribution in [1.82, 2.24) is 4.90 Å². The maximum Gasteiger partial charge on any atom is 0.0674 e. The predicted octanol–water partition coefficient (Wildman–Crippen LogP) is 2.98. The van der Waals surface area contributed by atoms with Gasteiger partial charge in [0.05, 0.1) is 12.7 Å². The molecule has 0 bridgehead atoms. The average molecular weight is 284 g/mol. The minimum absolute atomic E-state index is 0.359. The second-order valence-corrected chi connectivity index (χ2v) is 5.37. The Morgan fingerprint density at radius 3 is 3.00 bits per heavy atom. The van der Waals surface area contributed by atoms with Gasteiger partial charge in [0.15, 0.2) is 0 Å². The van der Waals surface area contributed by atoms with Gasteiger partial charge < -0.3 is 4.74 Å². The molecule has 1 aromatic rings. The summed E-state index contributed by atoms with van der Waals surface area (Å²) in [5.41, 5.74) is 2.66. The standard InChI is InChI=1S/C13H18BrNO/c1-10-3-4-12(13(14)7-10)9-15-5-6-16-11(2)8-15/h3-4,7,11H,5-6,8-9H2,1-2H3/t11-/m0/s1. The van der Waals surface area contributed by atoms with Crippen LogP contribution in [-0.2, 0) is 11.3 Å². The minimum atomic E-state index is 0.359. The normalized spacial score (nSPS) is 22.3. The summed E-state index contributed by atoms with van der Waals surface area (Å²) < 4.78 is 6.76. The van der Waals surface area contributed by atoms with E-state index in [9.17, 15) is 0 Å². The molecule has 0 radical (unpaired) electrons. The monoisotopic (exact) mass is 283 g/mol. The van der Waals surface area contributed by atoms with Crippen molar-refractivity contribution in [1.29, 1.82) is 0 Å². The van der Waals surface area contributed by atoms with E-state index in [2.05, 4.69) is 52.9 Å². The van der Waals surface area contributed by atoms with Crippen LogP contribution < -0.4 is 0 Å². The predicted molar refractivity (Wildman–Crippen MR) is 69.6 cm³/mol. The Morgan fingerprint density at radius 1 is 1.50 bits per heavy atom. The fourth-order valence-electron chi connectivity index (χ4n) is 2.06. The van der Waals surface area contributed by atoms with Crippen LogP contribution in [0, 0.1) is 6.92 Å². The van der Waals surface area contributed by atoms with Crippen molar-refractivity contribution in [2.75, 3.05) is 19.7 Å². The van der Waals surface area contributed by atoms with Crippen molar-refractivity contribution >= 4 is 15.9 Å². The summed E-state index contributed by atoms with van der Waals surface area (Å²) in [5.74, 6) is 0. The van der Waals surface area contributed by atoms with Crippen LogP contribution in [0.3, 0.4) is 0 Å². The number of benzene rings is 1. The maximum absolute atomic E-state index is 5.54. The van der Waals surface area contributed by atoms with E-state index in [4.69, 9.17) is 4.74 Å². The lowest BCUT2D eigenvalue weighted by Crippen LogP contribution is -2.40. The Balaban J connectivity index is 2.02. The van der Waals surface area contributed by atoms with Crippen LogP contribution >= 0.6 is 15.9 Å². The van der Waals surface area contributed by atoms with Crippen LogP contribution in [0.4, 0.5) is 0 Å². The van der Waals surface area contributed by atoms with Gasteiger partial charge in [0, 0.05) is 24.1 Å². The largest absolute Gasteiger partial charge is 0.376 e. The molecular weight excluding hydrogens is 266 g/mol. The molecule has 0 unspecified atom stereocenters. The summed E-state index contributed by atoms with van der Waals surface area (Å²) in [7, 11) is 0. The topological polar surface area (TPSA) is 12.5 Å². The lowest BCUT2D eigenvalue weighted by Gasteiger charge is -2.31. The third-order valence-corrected chi connectivity index (χ3v) is 3.67. The summed E-state index contributed by atoms with van der Waals surface area (Å²) in [5, 5.41) is 0. The molecule has 1 aliphatic rings. The van der Waals surface area contributed by atoms with Crippen LogP contribution in [-0.4, -0.2) is 30.7 Å². The molecule has 0 spiro atoms. The molecule has 1 fully saturated rings. The third kappa shape index (κ3) is 3.06. The molecule has 88 valence electrons. The van der Waals surface area contributed by atoms with Gasteiger partial charge >= 0.3 is 0 Å². The van der Waals surface area contributed by atoms with Crippen molar-refractivity contribution in [3.63, 3.8) is 0 Å². The van der Waals surface area contributed by atoms with Crippen molar-refractivity contribution in [2.45, 2.75) is 26.5 Å². The molecule has 3 heteroatoms. The van der Waals surface area contributed by atoms with Crippen molar-refractivity contribution in [3.8, 4) is 0 Å². The SMILES string of the molecule is Cc1ccc(CN2CCO[C@@H](C)C2)c(Br)c1. The second-order valence-electron chi connectivity index (χ2n) is 4.51. The minimum Gasteiger partial charge on any atom is -0.376 e. The van der Waals surface area contributed by atoms with Gasteiger partial charge in [-0.2, -0.15) is 0 Å². The van der Waals surface area contributed by atoms with Crippen molar-refractivity contribution < 1.29 is 4.74 Å². The molecule has 0 saturated carbocycles. The first-order chi connectivity index (χ1) is 7.65. The lowest BCUT2D eigenvalue weighted by molar-refractivity contribution is -0.0212. The molecule has 0 amide bonds. The highest BCUT2D eigenvalue weighted by Gasteiger charge is 2.17. The molecule has 1 aromatic carbocycles. The van der Waals surface area contributed by atoms with Crippen molar-refractivity contribution in [3.05, 3.63) is 33.8 Å². The molecule has 1 aliphatic heterocycles. The average Bonchev–Trinajstić information content (AvgIpc) is 2.22. The number of ether oxygens (including phenoxy) is 1. The zero-order valence-corrected chi connectivity index (χ0v) is 11.5. The molecule has 2 nitrogen and oxygen atoms in total. The van der Waals surface area contributed by atoms with Gasteiger partial charge in [-0.15, -0.1) is 0 Å². The number of morpholine rings is 1. The van der Waals surface area contributed by atoms with E-state index in [-0.39, 0.29) is 0 Å². The highest BCUT2D eigenvalue weighted by molar-refractivity contribution is 9.10. The first kappa shape index (κ1) is 12.1.